The average molecular weight is 631 g/mol. The van der Waals surface area contributed by atoms with E-state index in [9.17, 15) is 36.1 Å². The summed E-state index contributed by atoms with van der Waals surface area (Å²) < 4.78 is 66.8. The number of benzene rings is 3. The van der Waals surface area contributed by atoms with E-state index >= 15 is 0 Å². The average Bonchev–Trinajstić information content (AvgIpc) is 2.79. The van der Waals surface area contributed by atoms with Gasteiger partial charge >= 0.3 is 0 Å². The van der Waals surface area contributed by atoms with Gasteiger partial charge in [-0.15, -0.1) is 10.2 Å². The lowest BCUT2D eigenvalue weighted by atomic mass is 10.2. The Bertz CT molecular complexity index is 1540. The molecule has 35 heavy (non-hydrogen) atoms. The van der Waals surface area contributed by atoms with Crippen molar-refractivity contribution in [2.45, 2.75) is 9.79 Å². The molecule has 0 atom stereocenters. The van der Waals surface area contributed by atoms with Crippen molar-refractivity contribution in [3.8, 4) is 0 Å². The van der Waals surface area contributed by atoms with Gasteiger partial charge in [-0.25, -0.2) is 0 Å². The van der Waals surface area contributed by atoms with Crippen LogP contribution in [0.4, 0.5) is 17.1 Å². The van der Waals surface area contributed by atoms with E-state index in [1.54, 1.807) is 24.3 Å². The lowest BCUT2D eigenvalue weighted by Crippen LogP contribution is -2.11. The molecule has 3 aromatic rings. The van der Waals surface area contributed by atoms with Gasteiger partial charge in [0.25, 0.3) is 25.9 Å². The molecule has 0 aromatic heterocycles. The molecule has 16 heteroatoms. The van der Waals surface area contributed by atoms with Crippen molar-refractivity contribution in [1.29, 1.82) is 0 Å². The van der Waals surface area contributed by atoms with Crippen molar-refractivity contribution >= 4 is 65.7 Å². The van der Waals surface area contributed by atoms with Crippen molar-refractivity contribution in [2.24, 2.45) is 15.3 Å². The second kappa shape index (κ2) is 10.5. The van der Waals surface area contributed by atoms with Gasteiger partial charge in [-0.1, -0.05) is 0 Å². The Morgan fingerprint density at radius 1 is 0.914 bits per heavy atom. The fourth-order valence-corrected chi connectivity index (χ4v) is 4.24. The number of nitrogens with one attached hydrogen (secondary N) is 1. The number of nitro groups is 1. The summed E-state index contributed by atoms with van der Waals surface area (Å²) in [6.45, 7) is 0. The monoisotopic (exact) mass is 631 g/mol. The van der Waals surface area contributed by atoms with Gasteiger partial charge in [0.05, 0.1) is 21.2 Å². The van der Waals surface area contributed by atoms with E-state index in [2.05, 4.69) is 43.3 Å². The first kappa shape index (κ1) is 26.3. The zero-order chi connectivity index (χ0) is 25.8. The van der Waals surface area contributed by atoms with Gasteiger partial charge in [-0.2, -0.15) is 21.9 Å². The van der Waals surface area contributed by atoms with E-state index in [1.807, 2.05) is 0 Å². The molecule has 0 amide bonds. The number of amidine groups is 1. The zero-order valence-corrected chi connectivity index (χ0v) is 21.0. The number of anilines is 1. The Hall–Kier alpha value is -3.32. The number of halogens is 1. The summed E-state index contributed by atoms with van der Waals surface area (Å²) in [5.74, 6) is -0.392. The van der Waals surface area contributed by atoms with Crippen molar-refractivity contribution in [3.63, 3.8) is 0 Å². The molecule has 3 aromatic carbocycles. The number of non-ortho nitro benzene ring substituents is 1. The largest absolute Gasteiger partial charge is 0.295 e. The van der Waals surface area contributed by atoms with E-state index in [0.717, 1.165) is 15.7 Å². The van der Waals surface area contributed by atoms with Crippen LogP contribution in [-0.4, -0.2) is 36.7 Å². The van der Waals surface area contributed by atoms with Crippen LogP contribution in [0.3, 0.4) is 0 Å². The van der Waals surface area contributed by atoms with E-state index in [0.29, 0.717) is 11.8 Å². The van der Waals surface area contributed by atoms with Crippen LogP contribution in [0.15, 0.2) is 91.9 Å². The fourth-order valence-electron chi connectivity index (χ4n) is 2.59. The highest BCUT2D eigenvalue weighted by Crippen LogP contribution is 2.24. The predicted octanol–water partition coefficient (Wildman–Crippen LogP) is 4.25. The molecule has 0 spiro atoms. The molecule has 0 saturated carbocycles. The second-order valence-corrected chi connectivity index (χ2v) is 10.7. The molecule has 0 bridgehead atoms. The molecule has 0 saturated heterocycles. The lowest BCUT2D eigenvalue weighted by Gasteiger charge is -2.09. The van der Waals surface area contributed by atoms with E-state index < -0.39 is 40.8 Å². The Morgan fingerprint density at radius 2 is 1.54 bits per heavy atom. The topological polar surface area (TPSA) is 201 Å². The molecule has 3 N–H and O–H groups in total. The van der Waals surface area contributed by atoms with Crippen molar-refractivity contribution in [3.05, 3.63) is 86.0 Å². The normalized spacial score (nSPS) is 12.6. The molecule has 0 heterocycles. The maximum absolute atomic E-state index is 12.0. The van der Waals surface area contributed by atoms with Crippen molar-refractivity contribution < 1.29 is 30.9 Å². The minimum atomic E-state index is -5.01. The molecule has 0 aliphatic rings. The van der Waals surface area contributed by atoms with Gasteiger partial charge < -0.3 is 0 Å². The first-order valence-corrected chi connectivity index (χ1v) is 13.2. The highest BCUT2D eigenvalue weighted by molar-refractivity contribution is 14.1. The standard InChI is InChI=1S/C19H14IN5O8S2/c20-12-1-3-13(4-2-12)21-23-19(24-22-14-5-7-15(8-6-14)25(26)27)17-10-9-16(34(28,29)30)11-18(17)35(31,32)33/h1-11,21H,(H,28,29,30)(H,31,32,33)/b23-19-,24-22?. The number of azo groups is 1. The molecule has 3 rings (SSSR count). The number of nitro benzene ring substituents is 1. The second-order valence-electron chi connectivity index (χ2n) is 6.64. The number of rotatable bonds is 7. The highest BCUT2D eigenvalue weighted by atomic mass is 127. The van der Waals surface area contributed by atoms with Crippen LogP contribution in [0.25, 0.3) is 0 Å². The first-order valence-electron chi connectivity index (χ1n) is 9.19. The number of hydrogen-bond acceptors (Lipinski definition) is 9. The van der Waals surface area contributed by atoms with Crippen LogP contribution in [0.2, 0.25) is 0 Å². The van der Waals surface area contributed by atoms with Crippen LogP contribution in [-0.2, 0) is 20.2 Å². The quantitative estimate of drug-likeness (QED) is 0.0648. The van der Waals surface area contributed by atoms with Crippen molar-refractivity contribution in [2.75, 3.05) is 5.43 Å². The van der Waals surface area contributed by atoms with Crippen LogP contribution < -0.4 is 5.43 Å². The summed E-state index contributed by atoms with van der Waals surface area (Å²) in [5, 5.41) is 22.6. The predicted molar refractivity (Wildman–Crippen MR) is 133 cm³/mol. The van der Waals surface area contributed by atoms with Gasteiger partial charge in [-0.3, -0.25) is 24.6 Å². The third kappa shape index (κ3) is 7.09. The molecular formula is C19H14IN5O8S2. The summed E-state index contributed by atoms with van der Waals surface area (Å²) in [5.41, 5.74) is 2.76. The molecule has 182 valence electrons. The smallest absolute Gasteiger partial charge is 0.282 e. The van der Waals surface area contributed by atoms with Crippen molar-refractivity contribution in [1.82, 2.24) is 0 Å². The van der Waals surface area contributed by atoms with Gasteiger partial charge in [0.15, 0.2) is 0 Å². The zero-order valence-electron chi connectivity index (χ0n) is 17.2. The number of nitrogens with zero attached hydrogens (tertiary/aromatic N) is 4. The molecule has 0 aliphatic carbocycles. The summed E-state index contributed by atoms with van der Waals surface area (Å²) in [7, 11) is -9.80. The molecule has 0 unspecified atom stereocenters. The maximum atomic E-state index is 12.0. The molecule has 0 aliphatic heterocycles. The Labute approximate surface area is 212 Å². The third-order valence-electron chi connectivity index (χ3n) is 4.23. The fraction of sp³-hybridized carbons (Fsp3) is 0. The number of hydrazone groups is 1. The van der Waals surface area contributed by atoms with E-state index in [1.165, 1.54) is 24.3 Å². The SMILES string of the molecule is O=[N+]([O-])c1ccc(N=N/C(=N\Nc2ccc(I)cc2)c2ccc(S(=O)(=O)O)cc2S(=O)(=O)O)cc1. The minimum Gasteiger partial charge on any atom is -0.282 e. The van der Waals surface area contributed by atoms with E-state index in [4.69, 9.17) is 0 Å². The Morgan fingerprint density at radius 3 is 2.09 bits per heavy atom. The third-order valence-corrected chi connectivity index (χ3v) is 6.69. The van der Waals surface area contributed by atoms with Crippen LogP contribution in [0, 0.1) is 13.7 Å². The summed E-state index contributed by atoms with van der Waals surface area (Å²) >= 11 is 2.09. The maximum Gasteiger partial charge on any atom is 0.295 e. The van der Waals surface area contributed by atoms with Gasteiger partial charge in [0.1, 0.15) is 4.90 Å². The van der Waals surface area contributed by atoms with Gasteiger partial charge in [0.2, 0.25) is 5.84 Å². The van der Waals surface area contributed by atoms with Crippen LogP contribution in [0.5, 0.6) is 0 Å². The number of hydrogen-bond donors (Lipinski definition) is 3. The molecule has 0 fully saturated rings. The lowest BCUT2D eigenvalue weighted by molar-refractivity contribution is -0.384. The molecule has 0 radical (unpaired) electrons. The van der Waals surface area contributed by atoms with Gasteiger partial charge in [-0.05, 0) is 77.2 Å². The Balaban J connectivity index is 2.12. The minimum absolute atomic E-state index is 0.153. The van der Waals surface area contributed by atoms with Gasteiger partial charge in [0, 0.05) is 21.3 Å². The summed E-state index contributed by atoms with van der Waals surface area (Å²) in [4.78, 5) is 8.52. The van der Waals surface area contributed by atoms with Crippen LogP contribution >= 0.6 is 22.6 Å². The summed E-state index contributed by atoms with van der Waals surface area (Å²) in [6, 6.07) is 14.2. The Kier molecular flexibility index (Phi) is 7.90. The first-order chi connectivity index (χ1) is 16.3. The van der Waals surface area contributed by atoms with Crippen LogP contribution in [0.1, 0.15) is 5.56 Å². The summed E-state index contributed by atoms with van der Waals surface area (Å²) in [6.07, 6.45) is 0. The molecular weight excluding hydrogens is 617 g/mol. The molecule has 13 nitrogen and oxygen atoms in total. The highest BCUT2D eigenvalue weighted by Gasteiger charge is 2.23. The van der Waals surface area contributed by atoms with E-state index in [-0.39, 0.29) is 16.9 Å².